The molecular weight excluding hydrogens is 392 g/mol. The molecular formula is C25H40N2O4. The first-order valence-electron chi connectivity index (χ1n) is 12.5. The summed E-state index contributed by atoms with van der Waals surface area (Å²) in [6, 6.07) is -0.543. The third-order valence-electron chi connectivity index (χ3n) is 8.53. The summed E-state index contributed by atoms with van der Waals surface area (Å²) in [5.74, 6) is 1.67. The van der Waals surface area contributed by atoms with Crippen molar-refractivity contribution in [3.05, 3.63) is 0 Å². The number of esters is 1. The van der Waals surface area contributed by atoms with Crippen molar-refractivity contribution in [1.82, 2.24) is 10.6 Å². The maximum atomic E-state index is 13.4. The second kappa shape index (κ2) is 9.11. The normalized spacial score (nSPS) is 37.4. The van der Waals surface area contributed by atoms with Gasteiger partial charge in [0.1, 0.15) is 6.04 Å². The molecule has 0 aliphatic heterocycles. The molecule has 0 unspecified atom stereocenters. The third-order valence-corrected chi connectivity index (χ3v) is 8.53. The van der Waals surface area contributed by atoms with E-state index in [1.54, 1.807) is 0 Å². The van der Waals surface area contributed by atoms with Gasteiger partial charge in [-0.1, -0.05) is 33.6 Å². The van der Waals surface area contributed by atoms with E-state index in [4.69, 9.17) is 4.74 Å². The van der Waals surface area contributed by atoms with Gasteiger partial charge in [0.05, 0.1) is 0 Å². The fourth-order valence-electron chi connectivity index (χ4n) is 7.19. The highest BCUT2D eigenvalue weighted by atomic mass is 16.5. The molecule has 174 valence electrons. The van der Waals surface area contributed by atoms with Crippen LogP contribution >= 0.6 is 0 Å². The third kappa shape index (κ3) is 4.93. The van der Waals surface area contributed by atoms with Crippen LogP contribution in [0.25, 0.3) is 0 Å². The molecule has 5 aliphatic rings. The lowest BCUT2D eigenvalue weighted by atomic mass is 9.49. The lowest BCUT2D eigenvalue weighted by Gasteiger charge is -2.55. The minimum atomic E-state index is -0.707. The zero-order valence-electron chi connectivity index (χ0n) is 19.5. The van der Waals surface area contributed by atoms with E-state index in [1.165, 1.54) is 25.7 Å². The molecule has 2 amide bonds. The van der Waals surface area contributed by atoms with E-state index >= 15 is 0 Å². The van der Waals surface area contributed by atoms with Gasteiger partial charge in [-0.3, -0.25) is 9.59 Å². The van der Waals surface area contributed by atoms with Gasteiger partial charge in [-0.25, -0.2) is 4.79 Å². The Morgan fingerprint density at radius 2 is 1.55 bits per heavy atom. The van der Waals surface area contributed by atoms with Crippen molar-refractivity contribution >= 4 is 17.8 Å². The summed E-state index contributed by atoms with van der Waals surface area (Å²) in [4.78, 5) is 38.5. The predicted molar refractivity (Wildman–Crippen MR) is 118 cm³/mol. The summed E-state index contributed by atoms with van der Waals surface area (Å²) in [6.45, 7) is 5.70. The number of ether oxygens (including phenoxy) is 1. The Bertz CT molecular complexity index is 668. The molecule has 6 heteroatoms. The molecule has 0 radical (unpaired) electrons. The highest BCUT2D eigenvalue weighted by Crippen LogP contribution is 2.60. The van der Waals surface area contributed by atoms with Crippen LogP contribution in [0.15, 0.2) is 0 Å². The molecule has 5 fully saturated rings. The van der Waals surface area contributed by atoms with Gasteiger partial charge in [-0.15, -0.1) is 0 Å². The SMILES string of the molecule is CC(C)[C@@H](NC(=O)C12CC3CC(CC(C3)C1)C2)C(=O)OCC(=O)N[C@@H]1CCCC[C@@H]1C. The Morgan fingerprint density at radius 1 is 0.968 bits per heavy atom. The lowest BCUT2D eigenvalue weighted by Crippen LogP contribution is -2.57. The summed E-state index contributed by atoms with van der Waals surface area (Å²) in [6.07, 6.45) is 11.2. The monoisotopic (exact) mass is 432 g/mol. The first kappa shape index (κ1) is 22.6. The minimum absolute atomic E-state index is 0.0303. The average molecular weight is 433 g/mol. The number of hydrogen-bond donors (Lipinski definition) is 2. The standard InChI is InChI=1S/C25H40N2O4/c1-15(2)22(23(29)31-14-21(28)26-20-7-5-4-6-16(20)3)27-24(30)25-11-17-8-18(12-25)10-19(9-17)13-25/h15-20,22H,4-14H2,1-3H3,(H,26,28)(H,27,30)/t16-,17?,18?,19?,20+,22+,25?/m0/s1. The second-order valence-corrected chi connectivity index (χ2v) is 11.4. The van der Waals surface area contributed by atoms with Gasteiger partial charge in [0.25, 0.3) is 5.91 Å². The quantitative estimate of drug-likeness (QED) is 0.602. The molecule has 0 heterocycles. The molecule has 0 aromatic rings. The molecule has 3 atom stereocenters. The largest absolute Gasteiger partial charge is 0.454 e. The van der Waals surface area contributed by atoms with Crippen LogP contribution in [0, 0.1) is 35.0 Å². The predicted octanol–water partition coefficient (Wildman–Crippen LogP) is 3.58. The zero-order chi connectivity index (χ0) is 22.2. The first-order chi connectivity index (χ1) is 14.8. The van der Waals surface area contributed by atoms with E-state index in [1.807, 2.05) is 13.8 Å². The molecule has 0 aromatic heterocycles. The maximum Gasteiger partial charge on any atom is 0.329 e. The number of carbonyl (C=O) groups excluding carboxylic acids is 3. The number of carbonyl (C=O) groups is 3. The van der Waals surface area contributed by atoms with Crippen molar-refractivity contribution < 1.29 is 19.1 Å². The maximum absolute atomic E-state index is 13.4. The molecule has 2 N–H and O–H groups in total. The first-order valence-corrected chi connectivity index (χ1v) is 12.5. The summed E-state index contributed by atoms with van der Waals surface area (Å²) in [7, 11) is 0. The fraction of sp³-hybridized carbons (Fsp3) is 0.880. The minimum Gasteiger partial charge on any atom is -0.454 e. The van der Waals surface area contributed by atoms with Crippen LogP contribution < -0.4 is 10.6 Å². The number of amides is 2. The number of rotatable bonds is 7. The second-order valence-electron chi connectivity index (χ2n) is 11.4. The Balaban J connectivity index is 1.30. The van der Waals surface area contributed by atoms with E-state index in [-0.39, 0.29) is 35.8 Å². The summed E-state index contributed by atoms with van der Waals surface area (Å²) in [5.41, 5.74) is -0.295. The highest BCUT2D eigenvalue weighted by Gasteiger charge is 2.55. The van der Waals surface area contributed by atoms with Crippen LogP contribution in [0.4, 0.5) is 0 Å². The Labute approximate surface area is 186 Å². The van der Waals surface area contributed by atoms with Gasteiger partial charge in [0.15, 0.2) is 6.61 Å². The van der Waals surface area contributed by atoms with Crippen LogP contribution in [-0.4, -0.2) is 36.5 Å². The Hall–Kier alpha value is -1.59. The molecule has 5 rings (SSSR count). The van der Waals surface area contributed by atoms with Crippen molar-refractivity contribution in [1.29, 1.82) is 0 Å². The van der Waals surface area contributed by atoms with Gasteiger partial charge in [0.2, 0.25) is 5.91 Å². The average Bonchev–Trinajstić information content (AvgIpc) is 2.70. The van der Waals surface area contributed by atoms with Crippen LogP contribution in [0.5, 0.6) is 0 Å². The van der Waals surface area contributed by atoms with Gasteiger partial charge < -0.3 is 15.4 Å². The smallest absolute Gasteiger partial charge is 0.329 e. The van der Waals surface area contributed by atoms with E-state index in [0.29, 0.717) is 23.7 Å². The van der Waals surface area contributed by atoms with Crippen LogP contribution in [0.3, 0.4) is 0 Å². The van der Waals surface area contributed by atoms with E-state index in [0.717, 1.165) is 38.5 Å². The molecule has 31 heavy (non-hydrogen) atoms. The molecule has 0 aromatic carbocycles. The van der Waals surface area contributed by atoms with Crippen LogP contribution in [-0.2, 0) is 19.1 Å². The van der Waals surface area contributed by atoms with Crippen molar-refractivity contribution in [2.75, 3.05) is 6.61 Å². The Morgan fingerprint density at radius 3 is 2.10 bits per heavy atom. The van der Waals surface area contributed by atoms with E-state index in [2.05, 4.69) is 17.6 Å². The van der Waals surface area contributed by atoms with Gasteiger partial charge in [-0.05, 0) is 81.0 Å². The summed E-state index contributed by atoms with van der Waals surface area (Å²) in [5, 5.41) is 6.06. The van der Waals surface area contributed by atoms with Crippen molar-refractivity contribution in [2.45, 2.75) is 97.1 Å². The van der Waals surface area contributed by atoms with Crippen LogP contribution in [0.1, 0.15) is 85.0 Å². The van der Waals surface area contributed by atoms with Crippen LogP contribution in [0.2, 0.25) is 0 Å². The lowest BCUT2D eigenvalue weighted by molar-refractivity contribution is -0.157. The molecule has 0 spiro atoms. The molecule has 4 bridgehead atoms. The van der Waals surface area contributed by atoms with E-state index < -0.39 is 12.0 Å². The fourth-order valence-corrected chi connectivity index (χ4v) is 7.19. The van der Waals surface area contributed by atoms with E-state index in [9.17, 15) is 14.4 Å². The van der Waals surface area contributed by atoms with Crippen molar-refractivity contribution in [3.8, 4) is 0 Å². The zero-order valence-corrected chi connectivity index (χ0v) is 19.5. The van der Waals surface area contributed by atoms with Gasteiger partial charge >= 0.3 is 5.97 Å². The summed E-state index contributed by atoms with van der Waals surface area (Å²) >= 11 is 0. The van der Waals surface area contributed by atoms with Crippen molar-refractivity contribution in [2.24, 2.45) is 35.0 Å². The number of hydrogen-bond acceptors (Lipinski definition) is 4. The summed E-state index contributed by atoms with van der Waals surface area (Å²) < 4.78 is 5.36. The molecule has 5 saturated carbocycles. The van der Waals surface area contributed by atoms with Crippen molar-refractivity contribution in [3.63, 3.8) is 0 Å². The Kier molecular flexibility index (Phi) is 6.64. The highest BCUT2D eigenvalue weighted by molar-refractivity contribution is 5.89. The molecule has 6 nitrogen and oxygen atoms in total. The molecule has 0 saturated heterocycles. The topological polar surface area (TPSA) is 84.5 Å². The van der Waals surface area contributed by atoms with Gasteiger partial charge in [0, 0.05) is 11.5 Å². The van der Waals surface area contributed by atoms with Gasteiger partial charge in [-0.2, -0.15) is 0 Å². The number of nitrogens with one attached hydrogen (secondary N) is 2. The molecule has 5 aliphatic carbocycles.